The molecule has 2 aromatic rings. The van der Waals surface area contributed by atoms with E-state index >= 15 is 0 Å². The van der Waals surface area contributed by atoms with Crippen molar-refractivity contribution in [3.05, 3.63) is 51.7 Å². The van der Waals surface area contributed by atoms with Gasteiger partial charge in [-0.15, -0.1) is 0 Å². The van der Waals surface area contributed by atoms with Gasteiger partial charge in [0.15, 0.2) is 0 Å². The van der Waals surface area contributed by atoms with Crippen molar-refractivity contribution in [2.75, 3.05) is 6.61 Å². The highest BCUT2D eigenvalue weighted by molar-refractivity contribution is 5.56. The van der Waals surface area contributed by atoms with Crippen molar-refractivity contribution in [2.24, 2.45) is 5.41 Å². The number of halogens is 1. The lowest BCUT2D eigenvalue weighted by molar-refractivity contribution is 0.140. The molecule has 0 aliphatic carbocycles. The smallest absolute Gasteiger partial charge is 0.256 e. The Balaban J connectivity index is 2.73. The Hall–Kier alpha value is -2.01. The van der Waals surface area contributed by atoms with Crippen molar-refractivity contribution in [1.82, 2.24) is 9.55 Å². The van der Waals surface area contributed by atoms with Crippen LogP contribution in [0.4, 0.5) is 4.39 Å². The van der Waals surface area contributed by atoms with Gasteiger partial charge >= 0.3 is 0 Å². The summed E-state index contributed by atoms with van der Waals surface area (Å²) in [6.07, 6.45) is 0. The number of aliphatic hydroxyl groups excluding tert-OH is 1. The molecule has 4 nitrogen and oxygen atoms in total. The lowest BCUT2D eigenvalue weighted by Gasteiger charge is -2.25. The second-order valence-electron chi connectivity index (χ2n) is 6.34. The summed E-state index contributed by atoms with van der Waals surface area (Å²) in [5, 5.41) is 9.48. The second-order valence-corrected chi connectivity index (χ2v) is 6.34. The van der Waals surface area contributed by atoms with E-state index in [0.717, 1.165) is 0 Å². The Kier molecular flexibility index (Phi) is 4.47. The van der Waals surface area contributed by atoms with Gasteiger partial charge in [0.1, 0.15) is 11.6 Å². The maximum absolute atomic E-state index is 14.1. The zero-order valence-corrected chi connectivity index (χ0v) is 13.4. The van der Waals surface area contributed by atoms with E-state index in [-0.39, 0.29) is 24.3 Å². The summed E-state index contributed by atoms with van der Waals surface area (Å²) in [5.41, 5.74) is 0.701. The number of hydrogen-bond donors (Lipinski definition) is 1. The molecule has 2 rings (SSSR count). The van der Waals surface area contributed by atoms with E-state index in [9.17, 15) is 14.3 Å². The highest BCUT2D eigenvalue weighted by Crippen LogP contribution is 2.24. The fraction of sp³-hybridized carbons (Fsp3) is 0.412. The third-order valence-electron chi connectivity index (χ3n) is 3.77. The third kappa shape index (κ3) is 3.09. The summed E-state index contributed by atoms with van der Waals surface area (Å²) in [7, 11) is 0. The number of rotatable bonds is 4. The number of aromatic nitrogens is 2. The van der Waals surface area contributed by atoms with Crippen molar-refractivity contribution in [3.8, 4) is 11.4 Å². The number of aliphatic hydroxyl groups is 1. The first-order chi connectivity index (χ1) is 10.3. The van der Waals surface area contributed by atoms with Crippen LogP contribution in [0.25, 0.3) is 11.4 Å². The van der Waals surface area contributed by atoms with E-state index < -0.39 is 11.2 Å². The lowest BCUT2D eigenvalue weighted by Crippen LogP contribution is -2.34. The summed E-state index contributed by atoms with van der Waals surface area (Å²) < 4.78 is 15.6. The van der Waals surface area contributed by atoms with Crippen molar-refractivity contribution in [3.63, 3.8) is 0 Å². The Morgan fingerprint density at radius 1 is 1.27 bits per heavy atom. The van der Waals surface area contributed by atoms with Crippen LogP contribution in [0.5, 0.6) is 0 Å². The van der Waals surface area contributed by atoms with Crippen molar-refractivity contribution in [2.45, 2.75) is 34.2 Å². The molecule has 0 bridgehead atoms. The van der Waals surface area contributed by atoms with Crippen LogP contribution < -0.4 is 5.56 Å². The summed E-state index contributed by atoms with van der Waals surface area (Å²) in [5.74, 6) is -0.124. The molecule has 0 spiro atoms. The van der Waals surface area contributed by atoms with Crippen molar-refractivity contribution >= 4 is 0 Å². The lowest BCUT2D eigenvalue weighted by atomic mass is 9.94. The van der Waals surface area contributed by atoms with Gasteiger partial charge in [-0.1, -0.05) is 26.0 Å². The monoisotopic (exact) mass is 304 g/mol. The van der Waals surface area contributed by atoms with Crippen molar-refractivity contribution < 1.29 is 9.50 Å². The summed E-state index contributed by atoms with van der Waals surface area (Å²) >= 11 is 0. The van der Waals surface area contributed by atoms with Crippen LogP contribution in [-0.4, -0.2) is 21.3 Å². The van der Waals surface area contributed by atoms with E-state index in [2.05, 4.69) is 4.98 Å². The van der Waals surface area contributed by atoms with Gasteiger partial charge in [-0.3, -0.25) is 9.36 Å². The molecule has 0 unspecified atom stereocenters. The predicted octanol–water partition coefficient (Wildman–Crippen LogP) is 2.68. The molecular formula is C17H21FN2O2. The minimum absolute atomic E-state index is 0.0803. The zero-order chi connectivity index (χ0) is 16.5. The first kappa shape index (κ1) is 16.4. The van der Waals surface area contributed by atoms with E-state index in [1.54, 1.807) is 32.0 Å². The Bertz CT molecular complexity index is 751. The minimum atomic E-state index is -0.507. The van der Waals surface area contributed by atoms with Crippen LogP contribution in [0, 0.1) is 25.1 Å². The molecule has 0 saturated heterocycles. The maximum atomic E-state index is 14.1. The molecule has 0 radical (unpaired) electrons. The highest BCUT2D eigenvalue weighted by atomic mass is 19.1. The van der Waals surface area contributed by atoms with E-state index in [4.69, 9.17) is 0 Å². The van der Waals surface area contributed by atoms with E-state index in [1.165, 1.54) is 10.6 Å². The van der Waals surface area contributed by atoms with Crippen LogP contribution in [0.1, 0.15) is 25.1 Å². The quantitative estimate of drug-likeness (QED) is 0.945. The average Bonchev–Trinajstić information content (AvgIpc) is 2.48. The Morgan fingerprint density at radius 3 is 2.50 bits per heavy atom. The van der Waals surface area contributed by atoms with Gasteiger partial charge in [0.2, 0.25) is 0 Å². The molecule has 0 saturated carbocycles. The molecule has 5 heteroatoms. The molecule has 0 aliphatic heterocycles. The van der Waals surface area contributed by atoms with Crippen LogP contribution >= 0.6 is 0 Å². The van der Waals surface area contributed by atoms with Crippen molar-refractivity contribution in [1.29, 1.82) is 0 Å². The van der Waals surface area contributed by atoms with Gasteiger partial charge in [0, 0.05) is 29.8 Å². The van der Waals surface area contributed by atoms with E-state index in [0.29, 0.717) is 17.1 Å². The Morgan fingerprint density at radius 2 is 1.91 bits per heavy atom. The van der Waals surface area contributed by atoms with Gasteiger partial charge in [-0.2, -0.15) is 0 Å². The number of aryl methyl sites for hydroxylation is 1. The fourth-order valence-corrected chi connectivity index (χ4v) is 2.23. The number of hydrogen-bond acceptors (Lipinski definition) is 3. The molecule has 0 fully saturated rings. The molecule has 0 aliphatic rings. The molecule has 0 amide bonds. The maximum Gasteiger partial charge on any atom is 0.256 e. The first-order valence-electron chi connectivity index (χ1n) is 7.20. The third-order valence-corrected chi connectivity index (χ3v) is 3.77. The van der Waals surface area contributed by atoms with Crippen LogP contribution in [0.15, 0.2) is 29.1 Å². The van der Waals surface area contributed by atoms with Crippen LogP contribution in [0.2, 0.25) is 0 Å². The molecule has 1 N–H and O–H groups in total. The van der Waals surface area contributed by atoms with Crippen LogP contribution in [0.3, 0.4) is 0 Å². The molecular weight excluding hydrogens is 283 g/mol. The number of benzene rings is 1. The summed E-state index contributed by atoms with van der Waals surface area (Å²) in [6.45, 7) is 7.32. The van der Waals surface area contributed by atoms with Gasteiger partial charge < -0.3 is 5.11 Å². The second kappa shape index (κ2) is 6.01. The SMILES string of the molecule is Cc1nc(-c2ccccc2F)n(CC(C)(C)CO)c(=O)c1C. The molecule has 0 atom stereocenters. The van der Waals surface area contributed by atoms with Gasteiger partial charge in [0.05, 0.1) is 5.56 Å². The fourth-order valence-electron chi connectivity index (χ4n) is 2.23. The summed E-state index contributed by atoms with van der Waals surface area (Å²) in [4.78, 5) is 17.0. The predicted molar refractivity (Wildman–Crippen MR) is 84.2 cm³/mol. The largest absolute Gasteiger partial charge is 0.396 e. The van der Waals surface area contributed by atoms with E-state index in [1.807, 2.05) is 13.8 Å². The topological polar surface area (TPSA) is 55.1 Å². The zero-order valence-electron chi connectivity index (χ0n) is 13.4. The molecule has 1 aromatic heterocycles. The van der Waals surface area contributed by atoms with Crippen LogP contribution in [-0.2, 0) is 6.54 Å². The highest BCUT2D eigenvalue weighted by Gasteiger charge is 2.23. The normalized spacial score (nSPS) is 11.7. The van der Waals surface area contributed by atoms with Gasteiger partial charge in [-0.25, -0.2) is 9.37 Å². The molecule has 118 valence electrons. The standard InChI is InChI=1S/C17H21FN2O2/c1-11-12(2)19-15(13-7-5-6-8-14(13)18)20(16(11)22)9-17(3,4)10-21/h5-8,21H,9-10H2,1-4H3. The molecule has 22 heavy (non-hydrogen) atoms. The average molecular weight is 304 g/mol. The molecule has 1 aromatic carbocycles. The van der Waals surface area contributed by atoms with Gasteiger partial charge in [-0.05, 0) is 26.0 Å². The Labute approximate surface area is 129 Å². The van der Waals surface area contributed by atoms with Gasteiger partial charge in [0.25, 0.3) is 5.56 Å². The minimum Gasteiger partial charge on any atom is -0.396 e. The number of nitrogens with zero attached hydrogens (tertiary/aromatic N) is 2. The summed E-state index contributed by atoms with van der Waals surface area (Å²) in [6, 6.07) is 6.26. The molecule has 1 heterocycles. The first-order valence-corrected chi connectivity index (χ1v) is 7.20.